The predicted octanol–water partition coefficient (Wildman–Crippen LogP) is 3.01. The van der Waals surface area contributed by atoms with Gasteiger partial charge in [-0.15, -0.1) is 0 Å². The summed E-state index contributed by atoms with van der Waals surface area (Å²) in [6.45, 7) is 0.0751. The number of nitriles is 1. The number of hydrogen-bond donors (Lipinski definition) is 2. The molecule has 2 aromatic rings. The fourth-order valence-electron chi connectivity index (χ4n) is 2.53. The molecule has 1 unspecified atom stereocenters. The van der Waals surface area contributed by atoms with Gasteiger partial charge in [0.2, 0.25) is 0 Å². The van der Waals surface area contributed by atoms with Gasteiger partial charge in [-0.05, 0) is 41.8 Å². The molecule has 0 saturated heterocycles. The van der Waals surface area contributed by atoms with E-state index in [1.54, 1.807) is 18.2 Å². The van der Waals surface area contributed by atoms with Crippen LogP contribution in [0.25, 0.3) is 0 Å². The highest BCUT2D eigenvalue weighted by atomic mass is 19.4. The summed E-state index contributed by atoms with van der Waals surface area (Å²) in [6.07, 6.45) is -5.64. The summed E-state index contributed by atoms with van der Waals surface area (Å²) in [5.74, 6) is 0.138. The molecule has 2 aromatic carbocycles. The van der Waals surface area contributed by atoms with Gasteiger partial charge >= 0.3 is 6.18 Å². The number of nitrogens with zero attached hydrogens (tertiary/aromatic N) is 1. The lowest BCUT2D eigenvalue weighted by molar-refractivity contribution is -0.137. The van der Waals surface area contributed by atoms with Crippen molar-refractivity contribution in [1.29, 1.82) is 5.26 Å². The van der Waals surface area contributed by atoms with Crippen LogP contribution in [-0.2, 0) is 17.4 Å². The molecular weight excluding hydrogens is 389 g/mol. The summed E-state index contributed by atoms with van der Waals surface area (Å²) < 4.78 is 48.1. The third kappa shape index (κ3) is 6.12. The van der Waals surface area contributed by atoms with Gasteiger partial charge in [-0.25, -0.2) is 0 Å². The van der Waals surface area contributed by atoms with Crippen LogP contribution in [0.4, 0.5) is 13.2 Å². The Morgan fingerprint density at radius 3 is 2.48 bits per heavy atom. The van der Waals surface area contributed by atoms with Gasteiger partial charge in [-0.1, -0.05) is 18.2 Å². The Labute approximate surface area is 165 Å². The van der Waals surface area contributed by atoms with E-state index in [0.29, 0.717) is 17.9 Å². The highest BCUT2D eigenvalue weighted by molar-refractivity contribution is 5.81. The molecule has 2 rings (SSSR count). The Morgan fingerprint density at radius 1 is 1.21 bits per heavy atom. The van der Waals surface area contributed by atoms with Crippen molar-refractivity contribution in [2.24, 2.45) is 0 Å². The molecule has 1 amide bonds. The number of methoxy groups -OCH3 is 1. The zero-order valence-corrected chi connectivity index (χ0v) is 15.5. The number of carbonyl (C=O) groups is 1. The molecule has 0 aliphatic heterocycles. The van der Waals surface area contributed by atoms with Crippen molar-refractivity contribution in [1.82, 2.24) is 5.32 Å². The monoisotopic (exact) mass is 408 g/mol. The van der Waals surface area contributed by atoms with Gasteiger partial charge in [0.25, 0.3) is 5.91 Å². The number of aliphatic hydroxyl groups excluding tert-OH is 1. The van der Waals surface area contributed by atoms with Crippen molar-refractivity contribution >= 4 is 5.91 Å². The maximum Gasteiger partial charge on any atom is 0.416 e. The predicted molar refractivity (Wildman–Crippen MR) is 97.2 cm³/mol. The Hall–Kier alpha value is -3.25. The van der Waals surface area contributed by atoms with Gasteiger partial charge in [0, 0.05) is 6.54 Å². The summed E-state index contributed by atoms with van der Waals surface area (Å²) in [5.41, 5.74) is 0.0247. The molecule has 0 aliphatic carbocycles. The van der Waals surface area contributed by atoms with Crippen LogP contribution < -0.4 is 14.8 Å². The zero-order valence-electron chi connectivity index (χ0n) is 15.5. The molecule has 0 spiro atoms. The van der Waals surface area contributed by atoms with Crippen LogP contribution in [-0.4, -0.2) is 31.3 Å². The fraction of sp³-hybridized carbons (Fsp3) is 0.300. The molecule has 0 saturated carbocycles. The van der Waals surface area contributed by atoms with Crippen LogP contribution >= 0.6 is 0 Å². The highest BCUT2D eigenvalue weighted by Crippen LogP contribution is 2.30. The van der Waals surface area contributed by atoms with E-state index in [0.717, 1.165) is 29.8 Å². The molecule has 6 nitrogen and oxygen atoms in total. The second-order valence-corrected chi connectivity index (χ2v) is 6.00. The Bertz CT molecular complexity index is 877. The van der Waals surface area contributed by atoms with Crippen LogP contribution in [0.5, 0.6) is 11.5 Å². The van der Waals surface area contributed by atoms with E-state index < -0.39 is 23.8 Å². The second-order valence-electron chi connectivity index (χ2n) is 6.00. The van der Waals surface area contributed by atoms with Gasteiger partial charge in [-0.2, -0.15) is 18.4 Å². The average molecular weight is 408 g/mol. The minimum absolute atomic E-state index is 0.0659. The molecular formula is C20H19F3N2O4. The number of nitrogens with one attached hydrogen (secondary N) is 1. The molecule has 0 bridgehead atoms. The number of benzene rings is 2. The molecule has 0 aliphatic rings. The van der Waals surface area contributed by atoms with Crippen LogP contribution in [0.15, 0.2) is 42.5 Å². The quantitative estimate of drug-likeness (QED) is 0.701. The van der Waals surface area contributed by atoms with E-state index in [1.807, 2.05) is 6.07 Å². The normalized spacial score (nSPS) is 12.0. The summed E-state index contributed by atoms with van der Waals surface area (Å²) in [5, 5.41) is 21.1. The lowest BCUT2D eigenvalue weighted by Crippen LogP contribution is -2.31. The first kappa shape index (κ1) is 22.0. The third-order valence-electron chi connectivity index (χ3n) is 4.04. The van der Waals surface area contributed by atoms with Crippen LogP contribution in [0, 0.1) is 11.3 Å². The lowest BCUT2D eigenvalue weighted by atomic mass is 10.1. The number of aliphatic hydroxyl groups is 1. The largest absolute Gasteiger partial charge is 0.493 e. The van der Waals surface area contributed by atoms with Crippen LogP contribution in [0.2, 0.25) is 0 Å². The van der Waals surface area contributed by atoms with Crippen molar-refractivity contribution < 1.29 is 32.5 Å². The molecule has 29 heavy (non-hydrogen) atoms. The number of ether oxygens (including phenoxy) is 2. The first-order valence-electron chi connectivity index (χ1n) is 8.56. The fourth-order valence-corrected chi connectivity index (χ4v) is 2.53. The maximum atomic E-state index is 12.6. The van der Waals surface area contributed by atoms with E-state index in [2.05, 4.69) is 5.32 Å². The zero-order chi connectivity index (χ0) is 21.4. The molecule has 2 N–H and O–H groups in total. The number of rotatable bonds is 8. The van der Waals surface area contributed by atoms with E-state index in [1.165, 1.54) is 7.11 Å². The van der Waals surface area contributed by atoms with Crippen LogP contribution in [0.1, 0.15) is 22.8 Å². The van der Waals surface area contributed by atoms with Crippen molar-refractivity contribution in [3.63, 3.8) is 0 Å². The van der Waals surface area contributed by atoms with E-state index in [9.17, 15) is 23.1 Å². The van der Waals surface area contributed by atoms with Gasteiger partial charge in [-0.3, -0.25) is 4.79 Å². The smallest absolute Gasteiger partial charge is 0.416 e. The second kappa shape index (κ2) is 9.80. The SMILES string of the molecule is COc1cc(CCNC(=O)C(O)c2ccc(C(F)(F)F)cc2)ccc1OCC#N. The van der Waals surface area contributed by atoms with Crippen molar-refractivity contribution in [3.8, 4) is 17.6 Å². The number of alkyl halides is 3. The molecule has 154 valence electrons. The van der Waals surface area contributed by atoms with Gasteiger partial charge < -0.3 is 19.9 Å². The number of amides is 1. The van der Waals surface area contributed by atoms with Gasteiger partial charge in [0.15, 0.2) is 24.2 Å². The van der Waals surface area contributed by atoms with Crippen molar-refractivity contribution in [3.05, 3.63) is 59.2 Å². The minimum Gasteiger partial charge on any atom is -0.493 e. The van der Waals surface area contributed by atoms with E-state index in [4.69, 9.17) is 14.7 Å². The topological polar surface area (TPSA) is 91.6 Å². The van der Waals surface area contributed by atoms with Gasteiger partial charge in [0.1, 0.15) is 6.07 Å². The molecule has 0 fully saturated rings. The highest BCUT2D eigenvalue weighted by Gasteiger charge is 2.30. The van der Waals surface area contributed by atoms with E-state index in [-0.39, 0.29) is 18.7 Å². The average Bonchev–Trinajstić information content (AvgIpc) is 2.71. The first-order chi connectivity index (χ1) is 13.8. The summed E-state index contributed by atoms with van der Waals surface area (Å²) in [6, 6.07) is 10.7. The Balaban J connectivity index is 1.91. The Kier molecular flexibility index (Phi) is 7.45. The first-order valence-corrected chi connectivity index (χ1v) is 8.56. The molecule has 0 heterocycles. The Morgan fingerprint density at radius 2 is 1.90 bits per heavy atom. The van der Waals surface area contributed by atoms with Crippen LogP contribution in [0.3, 0.4) is 0 Å². The molecule has 0 aromatic heterocycles. The summed E-state index contributed by atoms with van der Waals surface area (Å²) in [4.78, 5) is 12.1. The molecule has 9 heteroatoms. The number of halogens is 3. The number of hydrogen-bond acceptors (Lipinski definition) is 5. The van der Waals surface area contributed by atoms with Crippen molar-refractivity contribution in [2.75, 3.05) is 20.3 Å². The third-order valence-corrected chi connectivity index (χ3v) is 4.04. The lowest BCUT2D eigenvalue weighted by Gasteiger charge is -2.14. The number of carbonyl (C=O) groups excluding carboxylic acids is 1. The summed E-state index contributed by atoms with van der Waals surface area (Å²) >= 11 is 0. The molecule has 1 atom stereocenters. The van der Waals surface area contributed by atoms with Gasteiger partial charge in [0.05, 0.1) is 12.7 Å². The molecule has 0 radical (unpaired) electrons. The summed E-state index contributed by atoms with van der Waals surface area (Å²) in [7, 11) is 1.46. The van der Waals surface area contributed by atoms with E-state index >= 15 is 0 Å². The van der Waals surface area contributed by atoms with Crippen molar-refractivity contribution in [2.45, 2.75) is 18.7 Å². The standard InChI is InChI=1S/C20H19F3N2O4/c1-28-17-12-13(2-7-16(17)29-11-9-24)8-10-25-19(27)18(26)14-3-5-15(6-4-14)20(21,22)23/h2-7,12,18,26H,8,10-11H2,1H3,(H,25,27). The maximum absolute atomic E-state index is 12.6. The minimum atomic E-state index is -4.48.